The van der Waals surface area contributed by atoms with Crippen molar-refractivity contribution in [3.05, 3.63) is 33.4 Å². The van der Waals surface area contributed by atoms with E-state index >= 15 is 0 Å². The molecule has 2 heterocycles. The van der Waals surface area contributed by atoms with Crippen molar-refractivity contribution >= 4 is 34.4 Å². The Bertz CT molecular complexity index is 468. The Morgan fingerprint density at radius 2 is 2.00 bits per heavy atom. The summed E-state index contributed by atoms with van der Waals surface area (Å²) >= 11 is 7.60. The highest BCUT2D eigenvalue weighted by Gasteiger charge is 2.07. The Kier molecular flexibility index (Phi) is 2.88. The van der Waals surface area contributed by atoms with E-state index in [1.807, 2.05) is 30.7 Å². The largest absolute Gasteiger partial charge is 0.337 e. The normalized spacial score (nSPS) is 10.3. The second-order valence-corrected chi connectivity index (χ2v) is 4.31. The molecular formula is C10H10ClN3S. The Balaban J connectivity index is 2.33. The number of nitrogens with zero attached hydrogens (tertiary/aromatic N) is 2. The van der Waals surface area contributed by atoms with Gasteiger partial charge in [0.15, 0.2) is 11.0 Å². The second-order valence-electron chi connectivity index (χ2n) is 3.17. The van der Waals surface area contributed by atoms with Crippen molar-refractivity contribution in [3.63, 3.8) is 0 Å². The zero-order chi connectivity index (χ0) is 10.8. The lowest BCUT2D eigenvalue weighted by molar-refractivity contribution is 1.05. The summed E-state index contributed by atoms with van der Waals surface area (Å²) in [7, 11) is 0. The van der Waals surface area contributed by atoms with Crippen LogP contribution in [0.3, 0.4) is 0 Å². The lowest BCUT2D eigenvalue weighted by Gasteiger charge is -2.07. The fourth-order valence-electron chi connectivity index (χ4n) is 1.13. The maximum absolute atomic E-state index is 5.99. The molecule has 15 heavy (non-hydrogen) atoms. The maximum atomic E-state index is 5.99. The van der Waals surface area contributed by atoms with Crippen LogP contribution in [0.25, 0.3) is 0 Å². The van der Waals surface area contributed by atoms with Crippen molar-refractivity contribution in [1.82, 2.24) is 9.97 Å². The number of aryl methyl sites for hydroxylation is 2. The van der Waals surface area contributed by atoms with Crippen molar-refractivity contribution in [2.75, 3.05) is 5.32 Å². The van der Waals surface area contributed by atoms with Crippen molar-refractivity contribution in [3.8, 4) is 0 Å². The lowest BCUT2D eigenvalue weighted by atomic mass is 10.3. The minimum absolute atomic E-state index is 0.407. The monoisotopic (exact) mass is 239 g/mol. The number of aromatic nitrogens is 2. The minimum atomic E-state index is 0.407. The molecule has 3 nitrogen and oxygen atoms in total. The fraction of sp³-hybridized carbons (Fsp3) is 0.200. The van der Waals surface area contributed by atoms with E-state index < -0.39 is 0 Å². The highest BCUT2D eigenvalue weighted by molar-refractivity contribution is 7.08. The van der Waals surface area contributed by atoms with Crippen LogP contribution >= 0.6 is 22.9 Å². The summed E-state index contributed by atoms with van der Waals surface area (Å²) in [6.45, 7) is 3.81. The molecule has 2 aromatic rings. The van der Waals surface area contributed by atoms with Gasteiger partial charge in [-0.2, -0.15) is 11.3 Å². The third kappa shape index (κ3) is 2.27. The quantitative estimate of drug-likeness (QED) is 0.871. The molecule has 0 bridgehead atoms. The summed E-state index contributed by atoms with van der Waals surface area (Å²) in [5.74, 6) is 0.609. The molecule has 0 unspecified atom stereocenters. The lowest BCUT2D eigenvalue weighted by Crippen LogP contribution is -1.99. The number of hydrogen-bond acceptors (Lipinski definition) is 4. The molecule has 0 aromatic carbocycles. The standard InChI is InChI=1S/C10H10ClN3S/c1-6-7(2)13-10(9(11)12-6)14-8-3-4-15-5-8/h3-5H,1-2H3,(H,13,14). The SMILES string of the molecule is Cc1nc(Cl)c(Nc2ccsc2)nc1C. The van der Waals surface area contributed by atoms with Crippen molar-refractivity contribution in [2.24, 2.45) is 0 Å². The van der Waals surface area contributed by atoms with Gasteiger partial charge in [-0.3, -0.25) is 0 Å². The molecule has 0 aliphatic rings. The van der Waals surface area contributed by atoms with Crippen LogP contribution in [0.15, 0.2) is 16.8 Å². The Hall–Kier alpha value is -1.13. The average Bonchev–Trinajstić information content (AvgIpc) is 2.67. The average molecular weight is 240 g/mol. The van der Waals surface area contributed by atoms with Crippen LogP contribution in [0.5, 0.6) is 0 Å². The van der Waals surface area contributed by atoms with Gasteiger partial charge in [-0.05, 0) is 25.3 Å². The molecule has 0 saturated carbocycles. The Morgan fingerprint density at radius 3 is 2.67 bits per heavy atom. The first-order chi connectivity index (χ1) is 7.16. The summed E-state index contributed by atoms with van der Waals surface area (Å²) in [5, 5.41) is 7.52. The van der Waals surface area contributed by atoms with Crippen molar-refractivity contribution in [1.29, 1.82) is 0 Å². The number of hydrogen-bond donors (Lipinski definition) is 1. The molecule has 1 N–H and O–H groups in total. The van der Waals surface area contributed by atoms with Crippen molar-refractivity contribution in [2.45, 2.75) is 13.8 Å². The molecule has 0 saturated heterocycles. The molecule has 0 fully saturated rings. The molecule has 78 valence electrons. The van der Waals surface area contributed by atoms with Crippen LogP contribution in [0.2, 0.25) is 5.15 Å². The van der Waals surface area contributed by atoms with Crippen LogP contribution in [0, 0.1) is 13.8 Å². The van der Waals surface area contributed by atoms with E-state index in [1.54, 1.807) is 11.3 Å². The van der Waals surface area contributed by atoms with Crippen LogP contribution in [-0.2, 0) is 0 Å². The summed E-state index contributed by atoms with van der Waals surface area (Å²) in [6, 6.07) is 1.97. The highest BCUT2D eigenvalue weighted by atomic mass is 35.5. The molecular weight excluding hydrogens is 230 g/mol. The number of nitrogens with one attached hydrogen (secondary N) is 1. The molecule has 2 rings (SSSR count). The zero-order valence-corrected chi connectivity index (χ0v) is 9.99. The van der Waals surface area contributed by atoms with Gasteiger partial charge in [-0.25, -0.2) is 9.97 Å². The molecule has 0 radical (unpaired) electrons. The zero-order valence-electron chi connectivity index (χ0n) is 8.41. The van der Waals surface area contributed by atoms with Gasteiger partial charge in [0, 0.05) is 5.38 Å². The third-order valence-corrected chi connectivity index (χ3v) is 3.00. The van der Waals surface area contributed by atoms with Gasteiger partial charge in [0.05, 0.1) is 17.1 Å². The number of thiophene rings is 1. The van der Waals surface area contributed by atoms with Gasteiger partial charge in [-0.15, -0.1) is 0 Å². The summed E-state index contributed by atoms with van der Waals surface area (Å²) in [6.07, 6.45) is 0. The summed E-state index contributed by atoms with van der Waals surface area (Å²) < 4.78 is 0. The minimum Gasteiger partial charge on any atom is -0.337 e. The molecule has 0 spiro atoms. The summed E-state index contributed by atoms with van der Waals surface area (Å²) in [5.41, 5.74) is 2.73. The molecule has 0 atom stereocenters. The van der Waals surface area contributed by atoms with Crippen LogP contribution in [0.1, 0.15) is 11.4 Å². The van der Waals surface area contributed by atoms with E-state index in [4.69, 9.17) is 11.6 Å². The van der Waals surface area contributed by atoms with Gasteiger partial charge in [0.25, 0.3) is 0 Å². The predicted octanol–water partition coefficient (Wildman–Crippen LogP) is 3.55. The Morgan fingerprint density at radius 1 is 1.27 bits per heavy atom. The highest BCUT2D eigenvalue weighted by Crippen LogP contribution is 2.23. The van der Waals surface area contributed by atoms with E-state index in [1.165, 1.54) is 0 Å². The van der Waals surface area contributed by atoms with Crippen LogP contribution in [0.4, 0.5) is 11.5 Å². The van der Waals surface area contributed by atoms with Gasteiger partial charge >= 0.3 is 0 Å². The van der Waals surface area contributed by atoms with Gasteiger partial charge in [-0.1, -0.05) is 11.6 Å². The first kappa shape index (κ1) is 10.4. The first-order valence-electron chi connectivity index (χ1n) is 4.47. The van der Waals surface area contributed by atoms with E-state index in [0.29, 0.717) is 11.0 Å². The summed E-state index contributed by atoms with van der Waals surface area (Å²) in [4.78, 5) is 8.54. The predicted molar refractivity (Wildman–Crippen MR) is 64.1 cm³/mol. The second kappa shape index (κ2) is 4.16. The first-order valence-corrected chi connectivity index (χ1v) is 5.79. The topological polar surface area (TPSA) is 37.8 Å². The van der Waals surface area contributed by atoms with Gasteiger partial charge in [0.2, 0.25) is 0 Å². The smallest absolute Gasteiger partial charge is 0.172 e. The van der Waals surface area contributed by atoms with E-state index in [9.17, 15) is 0 Å². The molecule has 2 aromatic heterocycles. The van der Waals surface area contributed by atoms with E-state index in [0.717, 1.165) is 17.1 Å². The molecule has 0 amide bonds. The number of rotatable bonds is 2. The Labute approximate surface area is 97.2 Å². The number of anilines is 2. The van der Waals surface area contributed by atoms with E-state index in [-0.39, 0.29) is 0 Å². The molecule has 0 aliphatic carbocycles. The van der Waals surface area contributed by atoms with Gasteiger partial charge < -0.3 is 5.32 Å². The van der Waals surface area contributed by atoms with Crippen molar-refractivity contribution < 1.29 is 0 Å². The molecule has 0 aliphatic heterocycles. The van der Waals surface area contributed by atoms with Crippen LogP contribution in [-0.4, -0.2) is 9.97 Å². The van der Waals surface area contributed by atoms with Crippen LogP contribution < -0.4 is 5.32 Å². The maximum Gasteiger partial charge on any atom is 0.172 e. The molecule has 5 heteroatoms. The van der Waals surface area contributed by atoms with E-state index in [2.05, 4.69) is 15.3 Å². The third-order valence-electron chi connectivity index (χ3n) is 2.05. The number of halogens is 1. The fourth-order valence-corrected chi connectivity index (χ4v) is 1.93. The van der Waals surface area contributed by atoms with Gasteiger partial charge in [0.1, 0.15) is 0 Å².